The maximum atomic E-state index is 14.1. The molecule has 0 spiro atoms. The van der Waals surface area contributed by atoms with Gasteiger partial charge in [-0.2, -0.15) is 0 Å². The maximum absolute atomic E-state index is 14.1. The average Bonchev–Trinajstić information content (AvgIpc) is 3.22. The molecule has 4 amide bonds. The number of fused-ring (bicyclic) bond motifs is 2. The number of benzene rings is 6. The van der Waals surface area contributed by atoms with Gasteiger partial charge in [-0.3, -0.25) is 29.0 Å². The molecular weight excluding hydrogens is 683 g/mol. The Morgan fingerprint density at radius 2 is 0.855 bits per heavy atom. The molecule has 9 rings (SSSR count). The van der Waals surface area contributed by atoms with Crippen LogP contribution < -0.4 is 4.90 Å². The second kappa shape index (κ2) is 14.7. The second-order valence-electron chi connectivity index (χ2n) is 16.0. The summed E-state index contributed by atoms with van der Waals surface area (Å²) < 4.78 is 0. The predicted molar refractivity (Wildman–Crippen MR) is 222 cm³/mol. The van der Waals surface area contributed by atoms with Crippen molar-refractivity contribution in [1.29, 1.82) is 0 Å². The van der Waals surface area contributed by atoms with Gasteiger partial charge in [0.25, 0.3) is 23.6 Å². The van der Waals surface area contributed by atoms with E-state index < -0.39 is 0 Å². The third-order valence-corrected chi connectivity index (χ3v) is 12.5. The van der Waals surface area contributed by atoms with Crippen molar-refractivity contribution in [1.82, 2.24) is 9.80 Å². The summed E-state index contributed by atoms with van der Waals surface area (Å²) in [6.45, 7) is 4.99. The quantitative estimate of drug-likeness (QED) is 0.0482. The number of hydrogen-bond acceptors (Lipinski definition) is 5. The van der Waals surface area contributed by atoms with E-state index in [1.165, 1.54) is 79.7 Å². The number of amides is 4. The molecule has 7 nitrogen and oxygen atoms in total. The zero-order valence-electron chi connectivity index (χ0n) is 31.9. The van der Waals surface area contributed by atoms with Crippen molar-refractivity contribution in [2.75, 3.05) is 24.5 Å². The summed E-state index contributed by atoms with van der Waals surface area (Å²) in [5.41, 5.74) is 4.24. The van der Waals surface area contributed by atoms with Crippen molar-refractivity contribution in [2.24, 2.45) is 0 Å². The van der Waals surface area contributed by atoms with Gasteiger partial charge in [0.05, 0.1) is 6.54 Å². The van der Waals surface area contributed by atoms with E-state index in [-0.39, 0.29) is 30.2 Å². The van der Waals surface area contributed by atoms with Gasteiger partial charge in [0, 0.05) is 58.3 Å². The third kappa shape index (κ3) is 6.03. The lowest BCUT2D eigenvalue weighted by Crippen LogP contribution is -2.41. The van der Waals surface area contributed by atoms with Gasteiger partial charge in [-0.25, -0.2) is 0 Å². The van der Waals surface area contributed by atoms with Crippen molar-refractivity contribution in [3.05, 3.63) is 101 Å². The van der Waals surface area contributed by atoms with Crippen LogP contribution in [0.4, 0.5) is 5.69 Å². The molecule has 0 saturated carbocycles. The second-order valence-corrected chi connectivity index (χ2v) is 16.0. The van der Waals surface area contributed by atoms with E-state index in [0.29, 0.717) is 39.6 Å². The molecule has 55 heavy (non-hydrogen) atoms. The molecule has 0 aliphatic carbocycles. The van der Waals surface area contributed by atoms with Crippen molar-refractivity contribution in [2.45, 2.75) is 96.9 Å². The lowest BCUT2D eigenvalue weighted by molar-refractivity contribution is 0.0587. The van der Waals surface area contributed by atoms with Crippen LogP contribution in [0, 0.1) is 0 Å². The van der Waals surface area contributed by atoms with Crippen LogP contribution in [0.3, 0.4) is 0 Å². The highest BCUT2D eigenvalue weighted by Crippen LogP contribution is 2.46. The zero-order valence-corrected chi connectivity index (χ0v) is 31.9. The lowest BCUT2D eigenvalue weighted by atomic mass is 9.82. The van der Waals surface area contributed by atoms with E-state index in [9.17, 15) is 19.2 Å². The summed E-state index contributed by atoms with van der Waals surface area (Å²) in [7, 11) is 0. The molecule has 7 heteroatoms. The summed E-state index contributed by atoms with van der Waals surface area (Å²) >= 11 is 0. The average molecular weight is 732 g/mol. The Balaban J connectivity index is 0.992. The molecule has 0 atom stereocenters. The van der Waals surface area contributed by atoms with Gasteiger partial charge in [0.2, 0.25) is 0 Å². The number of hydrogen-bond donors (Lipinski definition) is 0. The normalized spacial score (nSPS) is 15.9. The largest absolute Gasteiger partial charge is 0.372 e. The van der Waals surface area contributed by atoms with Crippen LogP contribution >= 0.6 is 0 Å². The van der Waals surface area contributed by atoms with Gasteiger partial charge in [-0.15, -0.1) is 0 Å². The first-order chi connectivity index (χ1) is 27.0. The van der Waals surface area contributed by atoms with E-state index >= 15 is 0 Å². The highest BCUT2D eigenvalue weighted by molar-refractivity contribution is 6.41. The van der Waals surface area contributed by atoms with Crippen molar-refractivity contribution < 1.29 is 19.2 Å². The first-order valence-electron chi connectivity index (χ1n) is 20.7. The van der Waals surface area contributed by atoms with Crippen LogP contribution in [-0.2, 0) is 6.54 Å². The van der Waals surface area contributed by atoms with Gasteiger partial charge in [-0.1, -0.05) is 101 Å². The summed E-state index contributed by atoms with van der Waals surface area (Å²) in [6, 6.07) is 23.6. The van der Waals surface area contributed by atoms with Gasteiger partial charge >= 0.3 is 0 Å². The first-order valence-corrected chi connectivity index (χ1v) is 20.7. The molecule has 3 heterocycles. The molecule has 3 aliphatic heterocycles. The molecule has 6 aromatic carbocycles. The van der Waals surface area contributed by atoms with Crippen LogP contribution in [0.15, 0.2) is 72.8 Å². The Kier molecular flexibility index (Phi) is 9.49. The zero-order chi connectivity index (χ0) is 37.6. The molecule has 6 aromatic rings. The molecule has 0 aromatic heterocycles. The minimum absolute atomic E-state index is 0.203. The molecule has 0 unspecified atom stereocenters. The Morgan fingerprint density at radius 1 is 0.436 bits per heavy atom. The number of carbonyl (C=O) groups excluding carboxylic acids is 4. The Bertz CT molecular complexity index is 2360. The molecule has 1 saturated heterocycles. The van der Waals surface area contributed by atoms with Crippen molar-refractivity contribution in [3.8, 4) is 0 Å². The SMILES string of the molecule is CCCCCCCCCCCCN1C(=O)c2ccc3c4ccc5c6c(ccc(c7ccc(c2c37)C1=O)c64)C(=O)N(Cc1ccc(N2CCCCC2)cc1)C5=O. The summed E-state index contributed by atoms with van der Waals surface area (Å²) in [6.07, 6.45) is 15.6. The van der Waals surface area contributed by atoms with E-state index in [0.717, 1.165) is 70.2 Å². The van der Waals surface area contributed by atoms with Crippen LogP contribution in [-0.4, -0.2) is 53.1 Å². The Morgan fingerprint density at radius 3 is 1.31 bits per heavy atom. The van der Waals surface area contributed by atoms with Crippen molar-refractivity contribution in [3.63, 3.8) is 0 Å². The molecule has 0 bridgehead atoms. The van der Waals surface area contributed by atoms with Crippen LogP contribution in [0.5, 0.6) is 0 Å². The predicted octanol–water partition coefficient (Wildman–Crippen LogP) is 11.0. The number of nitrogens with zero attached hydrogens (tertiary/aromatic N) is 3. The molecule has 280 valence electrons. The van der Waals surface area contributed by atoms with Crippen molar-refractivity contribution >= 4 is 72.4 Å². The van der Waals surface area contributed by atoms with Crippen LogP contribution in [0.1, 0.15) is 137 Å². The summed E-state index contributed by atoms with van der Waals surface area (Å²) in [4.78, 5) is 61.4. The number of rotatable bonds is 14. The van der Waals surface area contributed by atoms with Crippen LogP contribution in [0.2, 0.25) is 0 Å². The summed E-state index contributed by atoms with van der Waals surface area (Å²) in [5.74, 6) is -1.05. The van der Waals surface area contributed by atoms with E-state index in [2.05, 4.69) is 24.0 Å². The molecule has 1 fully saturated rings. The summed E-state index contributed by atoms with van der Waals surface area (Å²) in [5, 5.41) is 6.76. The van der Waals surface area contributed by atoms with E-state index in [1.807, 2.05) is 60.7 Å². The van der Waals surface area contributed by atoms with Gasteiger partial charge in [0.1, 0.15) is 0 Å². The number of unbranched alkanes of at least 4 members (excludes halogenated alkanes) is 9. The van der Waals surface area contributed by atoms with Gasteiger partial charge < -0.3 is 4.90 Å². The number of carbonyl (C=O) groups is 4. The number of imide groups is 2. The molecule has 0 radical (unpaired) electrons. The maximum Gasteiger partial charge on any atom is 0.261 e. The number of anilines is 1. The minimum atomic E-state index is -0.295. The van der Waals surface area contributed by atoms with Gasteiger partial charge in [0.15, 0.2) is 0 Å². The fraction of sp³-hybridized carbons (Fsp3) is 0.375. The number of piperidine rings is 1. The fourth-order valence-electron chi connectivity index (χ4n) is 9.62. The van der Waals surface area contributed by atoms with E-state index in [4.69, 9.17) is 0 Å². The van der Waals surface area contributed by atoms with Crippen LogP contribution in [0.25, 0.3) is 43.1 Å². The lowest BCUT2D eigenvalue weighted by Gasteiger charge is -2.30. The monoisotopic (exact) mass is 731 g/mol. The van der Waals surface area contributed by atoms with E-state index in [1.54, 1.807) is 0 Å². The standard InChI is InChI=1S/C48H49N3O4/c1-2-3-4-5-6-7-8-9-10-14-29-50-45(52)37-23-19-33-35-21-25-39-44-40(26-22-36(42(35)44)34-20-24-38(46(50)53)43(37)41(33)34)48(55)51(47(39)54)30-31-15-17-32(18-16-31)49-27-12-11-13-28-49/h15-26H,2-14,27-30H2,1H3. The highest BCUT2D eigenvalue weighted by atomic mass is 16.2. The third-order valence-electron chi connectivity index (χ3n) is 12.5. The first kappa shape index (κ1) is 35.4. The fourth-order valence-corrected chi connectivity index (χ4v) is 9.62. The molecular formula is C48H49N3O4. The molecule has 0 N–H and O–H groups in total. The topological polar surface area (TPSA) is 78.0 Å². The minimum Gasteiger partial charge on any atom is -0.372 e. The highest BCUT2D eigenvalue weighted by Gasteiger charge is 2.37. The Hall–Kier alpha value is -5.30. The van der Waals surface area contributed by atoms with Gasteiger partial charge in [-0.05, 0) is 100.0 Å². The molecule has 3 aliphatic rings. The smallest absolute Gasteiger partial charge is 0.261 e. The Labute approximate surface area is 322 Å².